The molecule has 0 spiro atoms. The second-order valence-corrected chi connectivity index (χ2v) is 6.04. The summed E-state index contributed by atoms with van der Waals surface area (Å²) in [5.74, 6) is 2.32. The molecular weight excluding hydrogens is 294 g/mol. The van der Waals surface area contributed by atoms with Crippen molar-refractivity contribution in [2.24, 2.45) is 0 Å². The van der Waals surface area contributed by atoms with Gasteiger partial charge in [-0.25, -0.2) is 0 Å². The summed E-state index contributed by atoms with van der Waals surface area (Å²) in [5.41, 5.74) is 1.97. The summed E-state index contributed by atoms with van der Waals surface area (Å²) in [7, 11) is 0. The predicted octanol–water partition coefficient (Wildman–Crippen LogP) is 4.14. The average Bonchev–Trinajstić information content (AvgIpc) is 2.54. The standard InChI is InChI=1S/C18H21NO2S/c1-15-8-5-6-11-17(15)19-18(20)14-22-13-7-12-21-16-9-3-2-4-10-16/h2-6,8-11H,7,12-14H2,1H3,(H,19,20). The number of hydrogen-bond donors (Lipinski definition) is 1. The minimum atomic E-state index is 0.0447. The molecule has 0 saturated heterocycles. The summed E-state index contributed by atoms with van der Waals surface area (Å²) in [4.78, 5) is 11.9. The number of anilines is 1. The van der Waals surface area contributed by atoms with Crippen molar-refractivity contribution in [1.82, 2.24) is 0 Å². The Balaban J connectivity index is 1.57. The fraction of sp³-hybridized carbons (Fsp3) is 0.278. The molecule has 0 atom stereocenters. The molecule has 116 valence electrons. The second-order valence-electron chi connectivity index (χ2n) is 4.93. The van der Waals surface area contributed by atoms with E-state index in [4.69, 9.17) is 4.74 Å². The van der Waals surface area contributed by atoms with Crippen molar-refractivity contribution in [3.05, 3.63) is 60.2 Å². The number of carbonyl (C=O) groups excluding carboxylic acids is 1. The Labute approximate surface area is 136 Å². The van der Waals surface area contributed by atoms with E-state index >= 15 is 0 Å². The third-order valence-corrected chi connectivity index (χ3v) is 4.14. The molecule has 0 unspecified atom stereocenters. The number of para-hydroxylation sites is 2. The van der Waals surface area contributed by atoms with Gasteiger partial charge in [0.1, 0.15) is 5.75 Å². The molecule has 0 heterocycles. The van der Waals surface area contributed by atoms with Crippen molar-refractivity contribution in [3.63, 3.8) is 0 Å². The van der Waals surface area contributed by atoms with Crippen LogP contribution in [0.3, 0.4) is 0 Å². The monoisotopic (exact) mass is 315 g/mol. The van der Waals surface area contributed by atoms with Crippen LogP contribution in [0.15, 0.2) is 54.6 Å². The van der Waals surface area contributed by atoms with Gasteiger partial charge < -0.3 is 10.1 Å². The predicted molar refractivity (Wildman–Crippen MR) is 93.7 cm³/mol. The van der Waals surface area contributed by atoms with Crippen LogP contribution in [0.4, 0.5) is 5.69 Å². The highest BCUT2D eigenvalue weighted by Gasteiger charge is 2.04. The molecule has 0 aromatic heterocycles. The van der Waals surface area contributed by atoms with Crippen molar-refractivity contribution in [2.45, 2.75) is 13.3 Å². The van der Waals surface area contributed by atoms with Crippen molar-refractivity contribution in [1.29, 1.82) is 0 Å². The van der Waals surface area contributed by atoms with Crippen LogP contribution in [0.1, 0.15) is 12.0 Å². The molecule has 0 saturated carbocycles. The summed E-state index contributed by atoms with van der Waals surface area (Å²) in [6.45, 7) is 2.67. The molecule has 0 fully saturated rings. The average molecular weight is 315 g/mol. The molecule has 2 aromatic carbocycles. The Bertz CT molecular complexity index is 587. The minimum Gasteiger partial charge on any atom is -0.494 e. The normalized spacial score (nSPS) is 10.2. The van der Waals surface area contributed by atoms with E-state index in [0.717, 1.165) is 29.2 Å². The van der Waals surface area contributed by atoms with Gasteiger partial charge in [-0.1, -0.05) is 36.4 Å². The minimum absolute atomic E-state index is 0.0447. The molecule has 0 aliphatic carbocycles. The molecule has 0 aliphatic rings. The topological polar surface area (TPSA) is 38.3 Å². The number of benzene rings is 2. The van der Waals surface area contributed by atoms with Gasteiger partial charge in [-0.3, -0.25) is 4.79 Å². The van der Waals surface area contributed by atoms with Crippen LogP contribution in [0, 0.1) is 6.92 Å². The van der Waals surface area contributed by atoms with E-state index in [1.807, 2.05) is 61.5 Å². The molecule has 3 nitrogen and oxygen atoms in total. The first-order chi connectivity index (χ1) is 10.8. The zero-order valence-electron chi connectivity index (χ0n) is 12.7. The Morgan fingerprint density at radius 2 is 1.82 bits per heavy atom. The molecule has 1 N–H and O–H groups in total. The lowest BCUT2D eigenvalue weighted by atomic mass is 10.2. The van der Waals surface area contributed by atoms with E-state index in [-0.39, 0.29) is 5.91 Å². The maximum absolute atomic E-state index is 11.9. The first kappa shape index (κ1) is 16.4. The van der Waals surface area contributed by atoms with Gasteiger partial charge in [0.25, 0.3) is 0 Å². The number of carbonyl (C=O) groups is 1. The van der Waals surface area contributed by atoms with Crippen LogP contribution < -0.4 is 10.1 Å². The lowest BCUT2D eigenvalue weighted by molar-refractivity contribution is -0.113. The zero-order chi connectivity index (χ0) is 15.6. The Morgan fingerprint density at radius 3 is 2.59 bits per heavy atom. The summed E-state index contributed by atoms with van der Waals surface area (Å²) in [6, 6.07) is 17.6. The number of rotatable bonds is 8. The number of nitrogens with one attached hydrogen (secondary N) is 1. The fourth-order valence-electron chi connectivity index (χ4n) is 1.93. The summed E-state index contributed by atoms with van der Waals surface area (Å²) in [6.07, 6.45) is 0.928. The molecule has 0 radical (unpaired) electrons. The van der Waals surface area contributed by atoms with Crippen LogP contribution in [-0.2, 0) is 4.79 Å². The molecule has 1 amide bonds. The van der Waals surface area contributed by atoms with Crippen molar-refractivity contribution in [2.75, 3.05) is 23.4 Å². The van der Waals surface area contributed by atoms with Crippen LogP contribution >= 0.6 is 11.8 Å². The first-order valence-corrected chi connectivity index (χ1v) is 8.52. The lowest BCUT2D eigenvalue weighted by Crippen LogP contribution is -2.15. The highest BCUT2D eigenvalue weighted by atomic mass is 32.2. The van der Waals surface area contributed by atoms with Crippen molar-refractivity contribution >= 4 is 23.4 Å². The van der Waals surface area contributed by atoms with Gasteiger partial charge in [0.2, 0.25) is 5.91 Å². The summed E-state index contributed by atoms with van der Waals surface area (Å²) >= 11 is 1.63. The van der Waals surface area contributed by atoms with Crippen molar-refractivity contribution < 1.29 is 9.53 Å². The second kappa shape index (κ2) is 9.15. The van der Waals surface area contributed by atoms with Crippen LogP contribution in [0.25, 0.3) is 0 Å². The number of amides is 1. The highest BCUT2D eigenvalue weighted by molar-refractivity contribution is 7.99. The summed E-state index contributed by atoms with van der Waals surface area (Å²) in [5, 5.41) is 2.94. The van der Waals surface area contributed by atoms with Gasteiger partial charge in [0.05, 0.1) is 12.4 Å². The van der Waals surface area contributed by atoms with Crippen LogP contribution in [-0.4, -0.2) is 24.0 Å². The first-order valence-electron chi connectivity index (χ1n) is 7.37. The smallest absolute Gasteiger partial charge is 0.234 e. The number of aryl methyl sites for hydroxylation is 1. The van der Waals surface area contributed by atoms with Gasteiger partial charge >= 0.3 is 0 Å². The molecule has 2 aromatic rings. The summed E-state index contributed by atoms with van der Waals surface area (Å²) < 4.78 is 5.61. The zero-order valence-corrected chi connectivity index (χ0v) is 13.6. The number of hydrogen-bond acceptors (Lipinski definition) is 3. The number of ether oxygens (including phenoxy) is 1. The Kier molecular flexibility index (Phi) is 6.84. The van der Waals surface area contributed by atoms with Crippen LogP contribution in [0.2, 0.25) is 0 Å². The third-order valence-electron chi connectivity index (χ3n) is 3.10. The fourth-order valence-corrected chi connectivity index (χ4v) is 2.66. The Morgan fingerprint density at radius 1 is 1.09 bits per heavy atom. The van der Waals surface area contributed by atoms with Gasteiger partial charge in [-0.2, -0.15) is 11.8 Å². The molecule has 0 bridgehead atoms. The van der Waals surface area contributed by atoms with Crippen molar-refractivity contribution in [3.8, 4) is 5.75 Å². The van der Waals surface area contributed by atoms with Gasteiger partial charge in [-0.15, -0.1) is 0 Å². The largest absolute Gasteiger partial charge is 0.494 e. The van der Waals surface area contributed by atoms with Gasteiger partial charge in [0.15, 0.2) is 0 Å². The molecule has 2 rings (SSSR count). The van der Waals surface area contributed by atoms with Crippen LogP contribution in [0.5, 0.6) is 5.75 Å². The van der Waals surface area contributed by atoms with Gasteiger partial charge in [-0.05, 0) is 42.9 Å². The quantitative estimate of drug-likeness (QED) is 0.744. The molecular formula is C18H21NO2S. The van der Waals surface area contributed by atoms with E-state index < -0.39 is 0 Å². The molecule has 22 heavy (non-hydrogen) atoms. The third kappa shape index (κ3) is 5.82. The molecule has 4 heteroatoms. The Hall–Kier alpha value is -1.94. The maximum atomic E-state index is 11.9. The SMILES string of the molecule is Cc1ccccc1NC(=O)CSCCCOc1ccccc1. The lowest BCUT2D eigenvalue weighted by Gasteiger charge is -2.08. The number of thioether (sulfide) groups is 1. The van der Waals surface area contributed by atoms with E-state index in [9.17, 15) is 4.79 Å². The van der Waals surface area contributed by atoms with E-state index in [0.29, 0.717) is 12.4 Å². The molecule has 0 aliphatic heterocycles. The van der Waals surface area contributed by atoms with E-state index in [2.05, 4.69) is 5.32 Å². The van der Waals surface area contributed by atoms with E-state index in [1.165, 1.54) is 0 Å². The van der Waals surface area contributed by atoms with Gasteiger partial charge in [0, 0.05) is 5.69 Å². The van der Waals surface area contributed by atoms with E-state index in [1.54, 1.807) is 11.8 Å². The maximum Gasteiger partial charge on any atom is 0.234 e. The highest BCUT2D eigenvalue weighted by Crippen LogP contribution is 2.14.